The lowest BCUT2D eigenvalue weighted by Crippen LogP contribution is -1.99. The lowest BCUT2D eigenvalue weighted by Gasteiger charge is -2.05. The third-order valence-corrected chi connectivity index (χ3v) is 2.39. The van der Waals surface area contributed by atoms with E-state index in [2.05, 4.69) is 19.1 Å². The molecule has 0 aromatic heterocycles. The molecule has 0 aliphatic carbocycles. The van der Waals surface area contributed by atoms with Gasteiger partial charge in [-0.1, -0.05) is 44.0 Å². The van der Waals surface area contributed by atoms with E-state index < -0.39 is 0 Å². The van der Waals surface area contributed by atoms with Gasteiger partial charge in [0.2, 0.25) is 0 Å². The van der Waals surface area contributed by atoms with Gasteiger partial charge in [0.1, 0.15) is 0 Å². The maximum absolute atomic E-state index is 5.58. The van der Waals surface area contributed by atoms with Crippen LogP contribution in [0.4, 0.5) is 0 Å². The number of nitrogens with two attached hydrogens (primary N) is 1. The molecule has 0 saturated heterocycles. The minimum Gasteiger partial charge on any atom is -0.377 e. The van der Waals surface area contributed by atoms with Gasteiger partial charge in [0.05, 0.1) is 6.61 Å². The first-order valence-corrected chi connectivity index (χ1v) is 5.72. The van der Waals surface area contributed by atoms with E-state index in [0.29, 0.717) is 13.2 Å². The molecule has 1 aromatic carbocycles. The average Bonchev–Trinajstić information content (AvgIpc) is 2.29. The minimum absolute atomic E-state index is 0.601. The van der Waals surface area contributed by atoms with Gasteiger partial charge in [0, 0.05) is 13.2 Å². The smallest absolute Gasteiger partial charge is 0.0716 e. The second-order valence-corrected chi connectivity index (χ2v) is 3.78. The van der Waals surface area contributed by atoms with Crippen LogP contribution in [0, 0.1) is 0 Å². The Hall–Kier alpha value is -0.860. The summed E-state index contributed by atoms with van der Waals surface area (Å²) in [6, 6.07) is 8.27. The molecule has 0 fully saturated rings. The van der Waals surface area contributed by atoms with E-state index in [4.69, 9.17) is 10.5 Å². The number of ether oxygens (including phenoxy) is 1. The van der Waals surface area contributed by atoms with Crippen LogP contribution in [0.3, 0.4) is 0 Å². The Balaban J connectivity index is 2.24. The molecule has 0 atom stereocenters. The molecule has 0 aliphatic rings. The summed E-state index contributed by atoms with van der Waals surface area (Å²) in [5, 5.41) is 0. The van der Waals surface area contributed by atoms with E-state index in [1.807, 2.05) is 12.1 Å². The Morgan fingerprint density at radius 1 is 1.20 bits per heavy atom. The van der Waals surface area contributed by atoms with Crippen LogP contribution in [0.1, 0.15) is 37.3 Å². The summed E-state index contributed by atoms with van der Waals surface area (Å²) in [4.78, 5) is 0. The zero-order valence-electron chi connectivity index (χ0n) is 9.54. The third-order valence-electron chi connectivity index (χ3n) is 2.39. The van der Waals surface area contributed by atoms with Gasteiger partial charge in [-0.3, -0.25) is 0 Å². The fourth-order valence-electron chi connectivity index (χ4n) is 1.49. The second-order valence-electron chi connectivity index (χ2n) is 3.78. The van der Waals surface area contributed by atoms with Crippen LogP contribution >= 0.6 is 0 Å². The second kappa shape index (κ2) is 7.43. The molecule has 0 aliphatic heterocycles. The highest BCUT2D eigenvalue weighted by Crippen LogP contribution is 2.06. The first-order chi connectivity index (χ1) is 7.36. The van der Waals surface area contributed by atoms with Gasteiger partial charge >= 0.3 is 0 Å². The van der Waals surface area contributed by atoms with Crippen molar-refractivity contribution in [2.45, 2.75) is 39.3 Å². The predicted molar refractivity (Wildman–Crippen MR) is 63.5 cm³/mol. The highest BCUT2D eigenvalue weighted by Gasteiger charge is 1.95. The van der Waals surface area contributed by atoms with Crippen LogP contribution in [0.2, 0.25) is 0 Å². The van der Waals surface area contributed by atoms with Gasteiger partial charge in [0.25, 0.3) is 0 Å². The molecule has 0 heterocycles. The Morgan fingerprint density at radius 2 is 2.00 bits per heavy atom. The van der Waals surface area contributed by atoms with Crippen molar-refractivity contribution in [3.63, 3.8) is 0 Å². The lowest BCUT2D eigenvalue weighted by atomic mass is 10.1. The van der Waals surface area contributed by atoms with Crippen molar-refractivity contribution < 1.29 is 4.74 Å². The fraction of sp³-hybridized carbons (Fsp3) is 0.538. The molecule has 2 heteroatoms. The van der Waals surface area contributed by atoms with Crippen molar-refractivity contribution in [2.24, 2.45) is 5.73 Å². The van der Waals surface area contributed by atoms with Gasteiger partial charge in [-0.2, -0.15) is 0 Å². The van der Waals surface area contributed by atoms with Crippen LogP contribution in [0.5, 0.6) is 0 Å². The summed E-state index contributed by atoms with van der Waals surface area (Å²) < 4.78 is 5.58. The fourth-order valence-corrected chi connectivity index (χ4v) is 1.49. The third kappa shape index (κ3) is 4.96. The Morgan fingerprint density at radius 3 is 2.73 bits per heavy atom. The Bertz CT molecular complexity index is 273. The molecule has 0 spiro atoms. The van der Waals surface area contributed by atoms with Crippen LogP contribution in [0.15, 0.2) is 24.3 Å². The van der Waals surface area contributed by atoms with Crippen molar-refractivity contribution >= 4 is 0 Å². The zero-order chi connectivity index (χ0) is 10.9. The normalized spacial score (nSPS) is 10.5. The topological polar surface area (TPSA) is 35.2 Å². The van der Waals surface area contributed by atoms with Crippen molar-refractivity contribution in [1.82, 2.24) is 0 Å². The number of rotatable bonds is 7. The molecule has 0 amide bonds. The standard InChI is InChI=1S/C13H21NO/c1-2-3-4-8-15-11-13-7-5-6-12(9-13)10-14/h5-7,9H,2-4,8,10-11,14H2,1H3. The maximum Gasteiger partial charge on any atom is 0.0716 e. The highest BCUT2D eigenvalue weighted by molar-refractivity contribution is 5.22. The van der Waals surface area contributed by atoms with E-state index in [-0.39, 0.29) is 0 Å². The predicted octanol–water partition coefficient (Wildman–Crippen LogP) is 2.85. The summed E-state index contributed by atoms with van der Waals surface area (Å²) >= 11 is 0. The van der Waals surface area contributed by atoms with Gasteiger partial charge in [-0.15, -0.1) is 0 Å². The van der Waals surface area contributed by atoms with Gasteiger partial charge in [-0.05, 0) is 17.5 Å². The van der Waals surface area contributed by atoms with E-state index >= 15 is 0 Å². The highest BCUT2D eigenvalue weighted by atomic mass is 16.5. The number of unbranched alkanes of at least 4 members (excludes halogenated alkanes) is 2. The van der Waals surface area contributed by atoms with E-state index in [9.17, 15) is 0 Å². The lowest BCUT2D eigenvalue weighted by molar-refractivity contribution is 0.117. The molecule has 15 heavy (non-hydrogen) atoms. The van der Waals surface area contributed by atoms with Gasteiger partial charge < -0.3 is 10.5 Å². The first-order valence-electron chi connectivity index (χ1n) is 5.72. The molecule has 0 radical (unpaired) electrons. The molecule has 0 saturated carbocycles. The number of hydrogen-bond acceptors (Lipinski definition) is 2. The van der Waals surface area contributed by atoms with Crippen molar-refractivity contribution in [3.05, 3.63) is 35.4 Å². The van der Waals surface area contributed by atoms with Crippen molar-refractivity contribution in [2.75, 3.05) is 6.61 Å². The average molecular weight is 207 g/mol. The molecule has 84 valence electrons. The summed E-state index contributed by atoms with van der Waals surface area (Å²) in [6.07, 6.45) is 3.65. The largest absolute Gasteiger partial charge is 0.377 e. The van der Waals surface area contributed by atoms with E-state index in [0.717, 1.165) is 13.0 Å². The summed E-state index contributed by atoms with van der Waals surface area (Å²) in [7, 11) is 0. The molecule has 2 nitrogen and oxygen atoms in total. The molecule has 1 aromatic rings. The van der Waals surface area contributed by atoms with E-state index in [1.54, 1.807) is 0 Å². The number of benzene rings is 1. The molecule has 2 N–H and O–H groups in total. The SMILES string of the molecule is CCCCCOCc1cccc(CN)c1. The monoisotopic (exact) mass is 207 g/mol. The quantitative estimate of drug-likeness (QED) is 0.698. The summed E-state index contributed by atoms with van der Waals surface area (Å²) in [5.74, 6) is 0. The molecular weight excluding hydrogens is 186 g/mol. The maximum atomic E-state index is 5.58. The molecule has 0 bridgehead atoms. The Labute approximate surface area is 92.4 Å². The van der Waals surface area contributed by atoms with Crippen LogP contribution in [0.25, 0.3) is 0 Å². The van der Waals surface area contributed by atoms with E-state index in [1.165, 1.54) is 24.0 Å². The molecule has 1 rings (SSSR count). The number of hydrogen-bond donors (Lipinski definition) is 1. The van der Waals surface area contributed by atoms with Crippen molar-refractivity contribution in [1.29, 1.82) is 0 Å². The van der Waals surface area contributed by atoms with Crippen molar-refractivity contribution in [3.8, 4) is 0 Å². The van der Waals surface area contributed by atoms with Gasteiger partial charge in [0.15, 0.2) is 0 Å². The first kappa shape index (κ1) is 12.2. The molecule has 0 unspecified atom stereocenters. The molecular formula is C13H21NO. The van der Waals surface area contributed by atoms with Gasteiger partial charge in [-0.25, -0.2) is 0 Å². The van der Waals surface area contributed by atoms with Crippen LogP contribution in [-0.2, 0) is 17.9 Å². The Kier molecular flexibility index (Phi) is 6.05. The minimum atomic E-state index is 0.601. The zero-order valence-corrected chi connectivity index (χ0v) is 9.54. The summed E-state index contributed by atoms with van der Waals surface area (Å²) in [5.41, 5.74) is 7.96. The van der Waals surface area contributed by atoms with Crippen LogP contribution in [-0.4, -0.2) is 6.61 Å². The summed E-state index contributed by atoms with van der Waals surface area (Å²) in [6.45, 7) is 4.37. The van der Waals surface area contributed by atoms with Crippen LogP contribution < -0.4 is 5.73 Å².